The fourth-order valence-electron chi connectivity index (χ4n) is 4.13. The smallest absolute Gasteiger partial charge is 0.291 e. The number of carbonyl (C=O) groups is 3. The molecule has 0 saturated carbocycles. The Bertz CT molecular complexity index is 974. The zero-order chi connectivity index (χ0) is 22.0. The van der Waals surface area contributed by atoms with Gasteiger partial charge in [0.1, 0.15) is 11.7 Å². The van der Waals surface area contributed by atoms with Gasteiger partial charge in [0, 0.05) is 36.8 Å². The lowest BCUT2D eigenvalue weighted by Gasteiger charge is -2.31. The van der Waals surface area contributed by atoms with Gasteiger partial charge in [0.25, 0.3) is 5.91 Å². The van der Waals surface area contributed by atoms with Crippen LogP contribution in [0.15, 0.2) is 48.5 Å². The molecular weight excluding hydrogens is 423 g/mol. The molecule has 0 bridgehead atoms. The number of likely N-dealkylation sites (tertiary alicyclic amines) is 1. The fraction of sp³-hybridized carbons (Fsp3) is 0.348. The second-order valence-corrected chi connectivity index (χ2v) is 8.10. The number of carbonyl (C=O) groups excluding carboxylic acids is 3. The molecule has 8 heteroatoms. The number of hydrogen-bond acceptors (Lipinski definition) is 5. The summed E-state index contributed by atoms with van der Waals surface area (Å²) in [6, 6.07) is 11.1. The first kappa shape index (κ1) is 21.6. The lowest BCUT2D eigenvalue weighted by molar-refractivity contribution is -0.141. The maximum atomic E-state index is 13.3. The minimum absolute atomic E-state index is 0.196. The van der Waals surface area contributed by atoms with Crippen LogP contribution < -0.4 is 0 Å². The van der Waals surface area contributed by atoms with E-state index < -0.39 is 35.3 Å². The summed E-state index contributed by atoms with van der Waals surface area (Å²) in [5.41, 5.74) is 0.854. The third-order valence-electron chi connectivity index (χ3n) is 5.79. The van der Waals surface area contributed by atoms with E-state index in [1.54, 1.807) is 24.3 Å². The van der Waals surface area contributed by atoms with Crippen LogP contribution in [0.1, 0.15) is 22.0 Å². The second kappa shape index (κ2) is 9.26. The van der Waals surface area contributed by atoms with E-state index in [2.05, 4.69) is 4.90 Å². The minimum atomic E-state index is -1.19. The Hall–Kier alpha value is -2.61. The summed E-state index contributed by atoms with van der Waals surface area (Å²) in [5, 5.41) is 0.515. The zero-order valence-corrected chi connectivity index (χ0v) is 17.6. The number of halogens is 2. The van der Waals surface area contributed by atoms with Crippen LogP contribution in [0.4, 0.5) is 4.39 Å². The molecule has 0 aromatic heterocycles. The zero-order valence-electron chi connectivity index (χ0n) is 16.8. The van der Waals surface area contributed by atoms with Crippen molar-refractivity contribution in [1.29, 1.82) is 0 Å². The van der Waals surface area contributed by atoms with Gasteiger partial charge >= 0.3 is 0 Å². The lowest BCUT2D eigenvalue weighted by atomic mass is 9.86. The number of amides is 1. The summed E-state index contributed by atoms with van der Waals surface area (Å²) in [6.45, 7) is 3.63. The molecule has 0 spiro atoms. The fourth-order valence-corrected chi connectivity index (χ4v) is 4.25. The molecule has 2 saturated heterocycles. The average molecular weight is 445 g/mol. The Morgan fingerprint density at radius 2 is 1.65 bits per heavy atom. The number of morpholine rings is 1. The van der Waals surface area contributed by atoms with Gasteiger partial charge < -0.3 is 9.64 Å². The van der Waals surface area contributed by atoms with E-state index in [1.807, 2.05) is 0 Å². The van der Waals surface area contributed by atoms with Gasteiger partial charge in [-0.25, -0.2) is 4.39 Å². The molecule has 4 rings (SSSR count). The van der Waals surface area contributed by atoms with E-state index in [9.17, 15) is 18.8 Å². The Kier molecular flexibility index (Phi) is 6.46. The van der Waals surface area contributed by atoms with Crippen molar-refractivity contribution >= 4 is 29.1 Å². The summed E-state index contributed by atoms with van der Waals surface area (Å²) in [5.74, 6) is -3.58. The van der Waals surface area contributed by atoms with Crippen molar-refractivity contribution < 1.29 is 23.5 Å². The van der Waals surface area contributed by atoms with Crippen molar-refractivity contribution in [2.45, 2.75) is 6.04 Å². The number of ether oxygens (including phenoxy) is 1. The summed E-state index contributed by atoms with van der Waals surface area (Å²) >= 11 is 6.02. The highest BCUT2D eigenvalue weighted by Crippen LogP contribution is 2.38. The van der Waals surface area contributed by atoms with Gasteiger partial charge in [0.15, 0.2) is 5.78 Å². The van der Waals surface area contributed by atoms with Crippen LogP contribution in [-0.2, 0) is 14.3 Å². The van der Waals surface area contributed by atoms with Crippen molar-refractivity contribution in [3.8, 4) is 0 Å². The number of Topliss-reactive ketones (excluding diaryl/α,β-unsaturated/α-hetero) is 2. The molecule has 2 atom stereocenters. The third kappa shape index (κ3) is 4.54. The Morgan fingerprint density at radius 3 is 2.29 bits per heavy atom. The van der Waals surface area contributed by atoms with Crippen molar-refractivity contribution in [2.24, 2.45) is 5.92 Å². The van der Waals surface area contributed by atoms with E-state index >= 15 is 0 Å². The molecule has 2 aromatic rings. The largest absolute Gasteiger partial charge is 0.379 e. The number of rotatable bonds is 6. The third-order valence-corrected chi connectivity index (χ3v) is 6.04. The first-order chi connectivity index (χ1) is 15.0. The molecule has 0 aliphatic carbocycles. The second-order valence-electron chi connectivity index (χ2n) is 7.66. The van der Waals surface area contributed by atoms with E-state index in [0.29, 0.717) is 36.9 Å². The average Bonchev–Trinajstić information content (AvgIpc) is 3.04. The van der Waals surface area contributed by atoms with Gasteiger partial charge in [-0.15, -0.1) is 0 Å². The van der Waals surface area contributed by atoms with Crippen LogP contribution in [0, 0.1) is 11.7 Å². The molecule has 1 amide bonds. The topological polar surface area (TPSA) is 66.9 Å². The highest BCUT2D eigenvalue weighted by Gasteiger charge is 2.51. The molecule has 2 aliphatic heterocycles. The molecule has 0 N–H and O–H groups in total. The molecular formula is C23H22ClFN2O4. The van der Waals surface area contributed by atoms with Crippen LogP contribution in [0.2, 0.25) is 5.02 Å². The maximum Gasteiger partial charge on any atom is 0.291 e. The van der Waals surface area contributed by atoms with Crippen molar-refractivity contribution in [3.63, 3.8) is 0 Å². The number of ketones is 2. The van der Waals surface area contributed by atoms with Gasteiger partial charge in [0.2, 0.25) is 5.78 Å². The highest BCUT2D eigenvalue weighted by atomic mass is 35.5. The Morgan fingerprint density at radius 1 is 1.00 bits per heavy atom. The van der Waals surface area contributed by atoms with Gasteiger partial charge in [-0.05, 0) is 42.0 Å². The molecule has 162 valence electrons. The van der Waals surface area contributed by atoms with Crippen LogP contribution >= 0.6 is 11.6 Å². The molecule has 2 fully saturated rings. The monoisotopic (exact) mass is 444 g/mol. The number of hydrogen-bond donors (Lipinski definition) is 0. The van der Waals surface area contributed by atoms with Crippen LogP contribution in [0.25, 0.3) is 0 Å². The molecule has 2 unspecified atom stereocenters. The van der Waals surface area contributed by atoms with Gasteiger partial charge in [-0.3, -0.25) is 19.3 Å². The van der Waals surface area contributed by atoms with Crippen molar-refractivity contribution in [1.82, 2.24) is 9.80 Å². The molecule has 2 heterocycles. The molecule has 31 heavy (non-hydrogen) atoms. The lowest BCUT2D eigenvalue weighted by Crippen LogP contribution is -2.42. The maximum absolute atomic E-state index is 13.3. The highest BCUT2D eigenvalue weighted by molar-refractivity contribution is 6.44. The molecule has 6 nitrogen and oxygen atoms in total. The minimum Gasteiger partial charge on any atom is -0.379 e. The van der Waals surface area contributed by atoms with E-state index in [4.69, 9.17) is 16.3 Å². The number of benzene rings is 2. The summed E-state index contributed by atoms with van der Waals surface area (Å²) in [7, 11) is 0. The predicted octanol–water partition coefficient (Wildman–Crippen LogP) is 2.76. The van der Waals surface area contributed by atoms with Gasteiger partial charge in [-0.2, -0.15) is 0 Å². The SMILES string of the molecule is O=C1C(=O)N(CCN2CCOCC2)C(c2ccc(Cl)cc2)C1C(=O)c1ccc(F)cc1. The van der Waals surface area contributed by atoms with Crippen LogP contribution in [0.3, 0.4) is 0 Å². The summed E-state index contributed by atoms with van der Waals surface area (Å²) in [4.78, 5) is 42.8. The van der Waals surface area contributed by atoms with Crippen molar-refractivity contribution in [3.05, 3.63) is 70.5 Å². The summed E-state index contributed by atoms with van der Waals surface area (Å²) in [6.07, 6.45) is 0. The first-order valence-electron chi connectivity index (χ1n) is 10.2. The van der Waals surface area contributed by atoms with Crippen LogP contribution in [0.5, 0.6) is 0 Å². The Balaban J connectivity index is 1.65. The van der Waals surface area contributed by atoms with E-state index in [-0.39, 0.29) is 5.56 Å². The standard InChI is InChI=1S/C23H22ClFN2O4/c24-17-5-1-15(2-6-17)20-19(21(28)16-3-7-18(25)8-4-16)22(29)23(30)27(20)10-9-26-11-13-31-14-12-26/h1-8,19-20H,9-14H2. The summed E-state index contributed by atoms with van der Waals surface area (Å²) < 4.78 is 18.7. The van der Waals surface area contributed by atoms with Crippen LogP contribution in [-0.4, -0.2) is 66.7 Å². The Labute approximate surface area is 184 Å². The van der Waals surface area contributed by atoms with Crippen molar-refractivity contribution in [2.75, 3.05) is 39.4 Å². The molecule has 2 aromatic carbocycles. The van der Waals surface area contributed by atoms with Gasteiger partial charge in [-0.1, -0.05) is 23.7 Å². The predicted molar refractivity (Wildman–Crippen MR) is 112 cm³/mol. The molecule has 2 aliphatic rings. The van der Waals surface area contributed by atoms with E-state index in [1.165, 1.54) is 29.2 Å². The normalized spacial score (nSPS) is 22.2. The quantitative estimate of drug-likeness (QED) is 0.389. The number of nitrogens with zero attached hydrogens (tertiary/aromatic N) is 2. The molecule has 0 radical (unpaired) electrons. The first-order valence-corrected chi connectivity index (χ1v) is 10.5. The van der Waals surface area contributed by atoms with E-state index in [0.717, 1.165) is 13.1 Å². The van der Waals surface area contributed by atoms with Gasteiger partial charge in [0.05, 0.1) is 19.3 Å².